The molecule has 0 spiro atoms. The monoisotopic (exact) mass is 308 g/mol. The van der Waals surface area contributed by atoms with Crippen LogP contribution in [0.25, 0.3) is 0 Å². The highest BCUT2D eigenvalue weighted by molar-refractivity contribution is 7.99. The van der Waals surface area contributed by atoms with Crippen LogP contribution in [0.2, 0.25) is 0 Å². The van der Waals surface area contributed by atoms with E-state index in [0.29, 0.717) is 23.6 Å². The second-order valence-electron chi connectivity index (χ2n) is 6.40. The maximum absolute atomic E-state index is 12.1. The van der Waals surface area contributed by atoms with Crippen LogP contribution in [0.4, 0.5) is 0 Å². The van der Waals surface area contributed by atoms with E-state index in [1.807, 2.05) is 11.6 Å². The van der Waals surface area contributed by atoms with Crippen LogP contribution in [0.1, 0.15) is 57.2 Å². The van der Waals surface area contributed by atoms with E-state index in [0.717, 1.165) is 17.4 Å². The fourth-order valence-electron chi connectivity index (χ4n) is 3.06. The lowest BCUT2D eigenvalue weighted by atomic mass is 9.86. The fourth-order valence-corrected chi connectivity index (χ4v) is 3.79. The van der Waals surface area contributed by atoms with Crippen molar-refractivity contribution in [1.29, 1.82) is 0 Å². The molecule has 0 saturated heterocycles. The van der Waals surface area contributed by atoms with Crippen LogP contribution >= 0.6 is 11.8 Å². The minimum Gasteiger partial charge on any atom is -0.352 e. The Morgan fingerprint density at radius 1 is 1.29 bits per heavy atom. The largest absolute Gasteiger partial charge is 0.352 e. The van der Waals surface area contributed by atoms with Gasteiger partial charge in [0.15, 0.2) is 5.16 Å². The Kier molecular flexibility index (Phi) is 4.52. The first kappa shape index (κ1) is 14.9. The van der Waals surface area contributed by atoms with Crippen molar-refractivity contribution < 1.29 is 4.79 Å². The molecule has 2 aliphatic carbocycles. The quantitative estimate of drug-likeness (QED) is 0.849. The zero-order valence-corrected chi connectivity index (χ0v) is 13.7. The van der Waals surface area contributed by atoms with E-state index in [1.54, 1.807) is 0 Å². The third kappa shape index (κ3) is 3.59. The number of nitrogens with zero attached hydrogens (tertiary/aromatic N) is 3. The van der Waals surface area contributed by atoms with Crippen LogP contribution in [-0.4, -0.2) is 32.5 Å². The lowest BCUT2D eigenvalue weighted by Crippen LogP contribution is -2.41. The highest BCUT2D eigenvalue weighted by Gasteiger charge is 2.29. The van der Waals surface area contributed by atoms with Gasteiger partial charge in [0.2, 0.25) is 5.91 Å². The summed E-state index contributed by atoms with van der Waals surface area (Å²) in [5, 5.41) is 12.5. The molecule has 0 bridgehead atoms. The molecular weight excluding hydrogens is 284 g/mol. The van der Waals surface area contributed by atoms with Gasteiger partial charge >= 0.3 is 0 Å². The molecule has 3 rings (SSSR count). The molecule has 116 valence electrons. The average molecular weight is 308 g/mol. The molecule has 0 aliphatic heterocycles. The van der Waals surface area contributed by atoms with E-state index < -0.39 is 0 Å². The molecule has 1 amide bonds. The summed E-state index contributed by atoms with van der Waals surface area (Å²) >= 11 is 1.49. The van der Waals surface area contributed by atoms with Crippen LogP contribution in [0, 0.1) is 5.92 Å². The normalized spacial score (nSPS) is 25.8. The van der Waals surface area contributed by atoms with E-state index in [-0.39, 0.29) is 5.91 Å². The van der Waals surface area contributed by atoms with Crippen molar-refractivity contribution in [3.63, 3.8) is 0 Å². The van der Waals surface area contributed by atoms with Crippen LogP contribution in [0.15, 0.2) is 5.16 Å². The predicted octanol–water partition coefficient (Wildman–Crippen LogP) is 2.48. The molecule has 0 radical (unpaired) electrons. The molecule has 6 heteroatoms. The van der Waals surface area contributed by atoms with Crippen molar-refractivity contribution in [2.75, 3.05) is 5.75 Å². The fraction of sp³-hybridized carbons (Fsp3) is 0.800. The minimum atomic E-state index is 0.120. The van der Waals surface area contributed by atoms with Gasteiger partial charge < -0.3 is 9.88 Å². The summed E-state index contributed by atoms with van der Waals surface area (Å²) in [6.07, 6.45) is 7.31. The Balaban J connectivity index is 1.49. The molecule has 1 heterocycles. The van der Waals surface area contributed by atoms with Crippen molar-refractivity contribution in [1.82, 2.24) is 20.1 Å². The van der Waals surface area contributed by atoms with Gasteiger partial charge in [0.1, 0.15) is 5.82 Å². The number of carbonyl (C=O) groups excluding carboxylic acids is 1. The SMILES string of the molecule is C[C@H]1CCCC[C@H]1NC(=O)CSc1nnc(C2CC2)n1C. The Hall–Kier alpha value is -1.04. The number of carbonyl (C=O) groups is 1. The Morgan fingerprint density at radius 2 is 2.05 bits per heavy atom. The molecule has 2 saturated carbocycles. The number of rotatable bonds is 5. The molecule has 0 unspecified atom stereocenters. The van der Waals surface area contributed by atoms with Gasteiger partial charge in [0.05, 0.1) is 5.75 Å². The first-order valence-corrected chi connectivity index (χ1v) is 8.95. The molecular formula is C15H24N4OS. The Labute approximate surface area is 130 Å². The molecule has 2 aliphatic rings. The predicted molar refractivity (Wildman–Crippen MR) is 83.3 cm³/mol. The Bertz CT molecular complexity index is 512. The highest BCUT2D eigenvalue weighted by atomic mass is 32.2. The summed E-state index contributed by atoms with van der Waals surface area (Å²) in [5.74, 6) is 2.81. The van der Waals surface area contributed by atoms with Crippen molar-refractivity contribution in [2.45, 2.75) is 62.6 Å². The second-order valence-corrected chi connectivity index (χ2v) is 7.34. The summed E-state index contributed by atoms with van der Waals surface area (Å²) < 4.78 is 2.04. The summed E-state index contributed by atoms with van der Waals surface area (Å²) in [6.45, 7) is 2.24. The van der Waals surface area contributed by atoms with Crippen LogP contribution in [-0.2, 0) is 11.8 Å². The van der Waals surface area contributed by atoms with Gasteiger partial charge in [-0.3, -0.25) is 4.79 Å². The Morgan fingerprint density at radius 3 is 2.76 bits per heavy atom. The standard InChI is InChI=1S/C15H24N4OS/c1-10-5-3-4-6-12(10)16-13(20)9-21-15-18-17-14(19(15)2)11-7-8-11/h10-12H,3-9H2,1-2H3,(H,16,20)/t10-,12+/m0/s1. The summed E-state index contributed by atoms with van der Waals surface area (Å²) in [4.78, 5) is 12.1. The first-order chi connectivity index (χ1) is 10.1. The minimum absolute atomic E-state index is 0.120. The van der Waals surface area contributed by atoms with Crippen LogP contribution in [0.3, 0.4) is 0 Å². The van der Waals surface area contributed by atoms with Gasteiger partial charge in [0, 0.05) is 19.0 Å². The zero-order valence-electron chi connectivity index (χ0n) is 12.8. The third-order valence-electron chi connectivity index (χ3n) is 4.60. The number of hydrogen-bond acceptors (Lipinski definition) is 4. The maximum Gasteiger partial charge on any atom is 0.230 e. The van der Waals surface area contributed by atoms with E-state index in [1.165, 1.54) is 43.9 Å². The average Bonchev–Trinajstić information content (AvgIpc) is 3.24. The van der Waals surface area contributed by atoms with Gasteiger partial charge in [-0.2, -0.15) is 0 Å². The lowest BCUT2D eigenvalue weighted by Gasteiger charge is -2.29. The molecule has 2 fully saturated rings. The van der Waals surface area contributed by atoms with E-state index in [2.05, 4.69) is 22.4 Å². The zero-order chi connectivity index (χ0) is 14.8. The molecule has 0 aromatic carbocycles. The van der Waals surface area contributed by atoms with E-state index in [4.69, 9.17) is 0 Å². The van der Waals surface area contributed by atoms with E-state index >= 15 is 0 Å². The van der Waals surface area contributed by atoms with E-state index in [9.17, 15) is 4.79 Å². The van der Waals surface area contributed by atoms with Crippen LogP contribution in [0.5, 0.6) is 0 Å². The lowest BCUT2D eigenvalue weighted by molar-refractivity contribution is -0.119. The summed E-state index contributed by atoms with van der Waals surface area (Å²) in [6, 6.07) is 0.355. The summed E-state index contributed by atoms with van der Waals surface area (Å²) in [5.41, 5.74) is 0. The third-order valence-corrected chi connectivity index (χ3v) is 5.62. The van der Waals surface area contributed by atoms with Gasteiger partial charge in [-0.25, -0.2) is 0 Å². The maximum atomic E-state index is 12.1. The number of nitrogens with one attached hydrogen (secondary N) is 1. The van der Waals surface area contributed by atoms with Crippen LogP contribution < -0.4 is 5.32 Å². The van der Waals surface area contributed by atoms with Gasteiger partial charge in [-0.05, 0) is 31.6 Å². The topological polar surface area (TPSA) is 59.8 Å². The highest BCUT2D eigenvalue weighted by Crippen LogP contribution is 2.39. The van der Waals surface area contributed by atoms with Crippen molar-refractivity contribution >= 4 is 17.7 Å². The number of amides is 1. The second kappa shape index (κ2) is 6.38. The summed E-state index contributed by atoms with van der Waals surface area (Å²) in [7, 11) is 2.00. The van der Waals surface area contributed by atoms with Gasteiger partial charge in [0.25, 0.3) is 0 Å². The number of thioether (sulfide) groups is 1. The number of aromatic nitrogens is 3. The molecule has 1 aromatic heterocycles. The number of hydrogen-bond donors (Lipinski definition) is 1. The van der Waals surface area contributed by atoms with Crippen molar-refractivity contribution in [3.05, 3.63) is 5.82 Å². The van der Waals surface area contributed by atoms with Gasteiger partial charge in [-0.15, -0.1) is 10.2 Å². The van der Waals surface area contributed by atoms with Crippen molar-refractivity contribution in [3.8, 4) is 0 Å². The molecule has 1 N–H and O–H groups in total. The molecule has 21 heavy (non-hydrogen) atoms. The first-order valence-electron chi connectivity index (χ1n) is 7.96. The molecule has 1 aromatic rings. The molecule has 2 atom stereocenters. The van der Waals surface area contributed by atoms with Gasteiger partial charge in [-0.1, -0.05) is 31.5 Å². The van der Waals surface area contributed by atoms with Crippen molar-refractivity contribution in [2.24, 2.45) is 13.0 Å². The smallest absolute Gasteiger partial charge is 0.230 e. The molecule has 5 nitrogen and oxygen atoms in total.